The number of benzene rings is 2. The highest BCUT2D eigenvalue weighted by Gasteiger charge is 2.40. The van der Waals surface area contributed by atoms with Crippen LogP contribution in [0.1, 0.15) is 30.5 Å². The van der Waals surface area contributed by atoms with Crippen molar-refractivity contribution in [3.8, 4) is 0 Å². The van der Waals surface area contributed by atoms with Gasteiger partial charge in [0, 0.05) is 43.8 Å². The zero-order chi connectivity index (χ0) is 22.4. The van der Waals surface area contributed by atoms with Crippen LogP contribution in [0.4, 0.5) is 5.69 Å². The third-order valence-electron chi connectivity index (χ3n) is 6.76. The van der Waals surface area contributed by atoms with Crippen molar-refractivity contribution in [1.29, 1.82) is 0 Å². The van der Waals surface area contributed by atoms with Gasteiger partial charge in [-0.1, -0.05) is 50.2 Å². The van der Waals surface area contributed by atoms with Crippen molar-refractivity contribution >= 4 is 21.6 Å². The number of fused-ring (bicyclic) bond motifs is 1. The van der Waals surface area contributed by atoms with E-state index in [0.29, 0.717) is 12.6 Å². The molecule has 4 rings (SSSR count). The standard InChI is InChI=1S/C24H31N3O3S/c1-24(2)21-8-6-5-7-18(21)13-22(24)25-20-11-9-17(10-12-20)14-26(3)23(28)19-15-27(16-19)31(4,29)30/h5-12,19,22,25H,13-16H2,1-4H3. The Morgan fingerprint density at radius 2 is 1.77 bits per heavy atom. The van der Waals surface area contributed by atoms with E-state index in [2.05, 4.69) is 55.6 Å². The summed E-state index contributed by atoms with van der Waals surface area (Å²) in [6.07, 6.45) is 2.19. The normalized spacial score (nSPS) is 20.7. The molecular weight excluding hydrogens is 410 g/mol. The predicted octanol–water partition coefficient (Wildman–Crippen LogP) is 2.85. The number of carbonyl (C=O) groups is 1. The van der Waals surface area contributed by atoms with Gasteiger partial charge in [-0.25, -0.2) is 12.7 Å². The Bertz CT molecular complexity index is 1070. The number of carbonyl (C=O) groups excluding carboxylic acids is 1. The van der Waals surface area contributed by atoms with Crippen LogP contribution in [-0.4, -0.2) is 56.0 Å². The molecule has 1 saturated heterocycles. The van der Waals surface area contributed by atoms with Gasteiger partial charge in [-0.3, -0.25) is 4.79 Å². The molecule has 1 atom stereocenters. The fraction of sp³-hybridized carbons (Fsp3) is 0.458. The van der Waals surface area contributed by atoms with Crippen LogP contribution >= 0.6 is 0 Å². The quantitative estimate of drug-likeness (QED) is 0.748. The molecule has 1 aliphatic carbocycles. The third-order valence-corrected chi connectivity index (χ3v) is 8.00. The van der Waals surface area contributed by atoms with Crippen molar-refractivity contribution < 1.29 is 13.2 Å². The number of anilines is 1. The molecule has 1 fully saturated rings. The minimum Gasteiger partial charge on any atom is -0.381 e. The van der Waals surface area contributed by atoms with Crippen LogP contribution in [0.5, 0.6) is 0 Å². The summed E-state index contributed by atoms with van der Waals surface area (Å²) in [6.45, 7) is 5.65. The lowest BCUT2D eigenvalue weighted by Crippen LogP contribution is -2.55. The lowest BCUT2D eigenvalue weighted by atomic mass is 9.83. The summed E-state index contributed by atoms with van der Waals surface area (Å²) in [5.41, 5.74) is 5.01. The Labute approximate surface area is 185 Å². The lowest BCUT2D eigenvalue weighted by Gasteiger charge is -2.38. The number of rotatable bonds is 6. The van der Waals surface area contributed by atoms with Gasteiger partial charge < -0.3 is 10.2 Å². The van der Waals surface area contributed by atoms with E-state index in [0.717, 1.165) is 17.7 Å². The highest BCUT2D eigenvalue weighted by atomic mass is 32.2. The van der Waals surface area contributed by atoms with E-state index in [1.165, 1.54) is 21.7 Å². The Balaban J connectivity index is 1.33. The fourth-order valence-corrected chi connectivity index (χ4v) is 5.56. The molecule has 2 aromatic rings. The van der Waals surface area contributed by atoms with E-state index in [1.807, 2.05) is 12.1 Å². The maximum absolute atomic E-state index is 12.6. The first-order valence-electron chi connectivity index (χ1n) is 10.7. The molecule has 6 nitrogen and oxygen atoms in total. The molecule has 0 bridgehead atoms. The number of sulfonamides is 1. The maximum Gasteiger partial charge on any atom is 0.228 e. The number of amides is 1. The van der Waals surface area contributed by atoms with Crippen LogP contribution < -0.4 is 5.32 Å². The summed E-state index contributed by atoms with van der Waals surface area (Å²) in [7, 11) is -1.43. The molecule has 1 amide bonds. The largest absolute Gasteiger partial charge is 0.381 e. The molecule has 1 heterocycles. The summed E-state index contributed by atoms with van der Waals surface area (Å²) < 4.78 is 24.3. The van der Waals surface area contributed by atoms with Crippen LogP contribution in [0.3, 0.4) is 0 Å². The minimum absolute atomic E-state index is 0.00688. The second-order valence-electron chi connectivity index (χ2n) is 9.45. The van der Waals surface area contributed by atoms with E-state index < -0.39 is 10.0 Å². The fourth-order valence-electron chi connectivity index (χ4n) is 4.66. The molecule has 0 aromatic heterocycles. The molecule has 2 aromatic carbocycles. The van der Waals surface area contributed by atoms with Crippen molar-refractivity contribution in [3.05, 3.63) is 65.2 Å². The number of hydrogen-bond donors (Lipinski definition) is 1. The Kier molecular flexibility index (Phi) is 5.60. The molecule has 7 heteroatoms. The predicted molar refractivity (Wildman–Crippen MR) is 123 cm³/mol. The SMILES string of the molecule is CN(Cc1ccc(NC2Cc3ccccc3C2(C)C)cc1)C(=O)C1CN(S(C)(=O)=O)C1. The molecule has 0 saturated carbocycles. The first-order chi connectivity index (χ1) is 14.6. The summed E-state index contributed by atoms with van der Waals surface area (Å²) in [5, 5.41) is 3.69. The molecule has 1 N–H and O–H groups in total. The van der Waals surface area contributed by atoms with Crippen LogP contribution in [0.2, 0.25) is 0 Å². The Morgan fingerprint density at radius 3 is 2.39 bits per heavy atom. The van der Waals surface area contributed by atoms with Crippen LogP contribution in [-0.2, 0) is 33.2 Å². The van der Waals surface area contributed by atoms with Gasteiger partial charge in [0.15, 0.2) is 0 Å². The first-order valence-corrected chi connectivity index (χ1v) is 12.5. The van der Waals surface area contributed by atoms with Gasteiger partial charge in [-0.2, -0.15) is 0 Å². The molecule has 0 radical (unpaired) electrons. The van der Waals surface area contributed by atoms with Crippen LogP contribution in [0.25, 0.3) is 0 Å². The van der Waals surface area contributed by atoms with Crippen molar-refractivity contribution in [2.24, 2.45) is 5.92 Å². The molecular formula is C24H31N3O3S. The molecule has 31 heavy (non-hydrogen) atoms. The van der Waals surface area contributed by atoms with Crippen LogP contribution in [0.15, 0.2) is 48.5 Å². The summed E-state index contributed by atoms with van der Waals surface area (Å²) >= 11 is 0. The van der Waals surface area contributed by atoms with E-state index in [-0.39, 0.29) is 30.3 Å². The van der Waals surface area contributed by atoms with Gasteiger partial charge in [0.1, 0.15) is 0 Å². The highest BCUT2D eigenvalue weighted by Crippen LogP contribution is 2.39. The lowest BCUT2D eigenvalue weighted by molar-refractivity contribution is -0.138. The minimum atomic E-state index is -3.20. The Hall–Kier alpha value is -2.38. The summed E-state index contributed by atoms with van der Waals surface area (Å²) in [5.74, 6) is -0.250. The molecule has 1 aliphatic heterocycles. The van der Waals surface area contributed by atoms with Gasteiger partial charge >= 0.3 is 0 Å². The topological polar surface area (TPSA) is 69.7 Å². The Morgan fingerprint density at radius 1 is 1.13 bits per heavy atom. The van der Waals surface area contributed by atoms with Crippen molar-refractivity contribution in [2.75, 3.05) is 31.7 Å². The molecule has 2 aliphatic rings. The van der Waals surface area contributed by atoms with Gasteiger partial charge in [0.2, 0.25) is 15.9 Å². The summed E-state index contributed by atoms with van der Waals surface area (Å²) in [4.78, 5) is 14.3. The zero-order valence-corrected chi connectivity index (χ0v) is 19.4. The van der Waals surface area contributed by atoms with E-state index in [1.54, 1.807) is 11.9 Å². The second kappa shape index (κ2) is 7.95. The van der Waals surface area contributed by atoms with Crippen molar-refractivity contribution in [1.82, 2.24) is 9.21 Å². The van der Waals surface area contributed by atoms with Crippen molar-refractivity contribution in [2.45, 2.75) is 38.3 Å². The molecule has 1 unspecified atom stereocenters. The zero-order valence-electron chi connectivity index (χ0n) is 18.6. The smallest absolute Gasteiger partial charge is 0.228 e. The molecule has 0 spiro atoms. The first kappa shape index (κ1) is 21.8. The number of hydrogen-bond acceptors (Lipinski definition) is 4. The van der Waals surface area contributed by atoms with E-state index in [4.69, 9.17) is 0 Å². The van der Waals surface area contributed by atoms with Gasteiger partial charge in [0.05, 0.1) is 12.2 Å². The second-order valence-corrected chi connectivity index (χ2v) is 11.4. The number of nitrogens with zero attached hydrogens (tertiary/aromatic N) is 2. The average molecular weight is 442 g/mol. The van der Waals surface area contributed by atoms with Gasteiger partial charge in [-0.05, 0) is 35.2 Å². The van der Waals surface area contributed by atoms with E-state index in [9.17, 15) is 13.2 Å². The number of nitrogens with one attached hydrogen (secondary N) is 1. The average Bonchev–Trinajstić information content (AvgIpc) is 2.91. The van der Waals surface area contributed by atoms with Crippen LogP contribution in [0, 0.1) is 5.92 Å². The molecule has 166 valence electrons. The highest BCUT2D eigenvalue weighted by molar-refractivity contribution is 7.88. The van der Waals surface area contributed by atoms with Crippen molar-refractivity contribution in [3.63, 3.8) is 0 Å². The maximum atomic E-state index is 12.6. The van der Waals surface area contributed by atoms with E-state index >= 15 is 0 Å². The van der Waals surface area contributed by atoms with Gasteiger partial charge in [0.25, 0.3) is 0 Å². The third kappa shape index (κ3) is 4.34. The van der Waals surface area contributed by atoms with Gasteiger partial charge in [-0.15, -0.1) is 0 Å². The monoisotopic (exact) mass is 441 g/mol. The summed E-state index contributed by atoms with van der Waals surface area (Å²) in [6, 6.07) is 17.2.